The molecule has 3 aliphatic rings. The monoisotopic (exact) mass is 412 g/mol. The van der Waals surface area contributed by atoms with Gasteiger partial charge >= 0.3 is 0 Å². The van der Waals surface area contributed by atoms with Crippen molar-refractivity contribution in [3.05, 3.63) is 11.6 Å². The highest BCUT2D eigenvalue weighted by atomic mass is 16.4. The van der Waals surface area contributed by atoms with Crippen LogP contribution in [-0.4, -0.2) is 34.9 Å². The predicted octanol–water partition coefficient (Wildman–Crippen LogP) is 2.77. The van der Waals surface area contributed by atoms with Crippen LogP contribution in [0.2, 0.25) is 0 Å². The molecule has 0 heterocycles. The number of carboxylic acid groups (broad SMARTS) is 1. The zero-order valence-corrected chi connectivity index (χ0v) is 19.1. The third-order valence-electron chi connectivity index (χ3n) is 8.29. The number of allylic oxidation sites excluding steroid dienone is 2. The summed E-state index contributed by atoms with van der Waals surface area (Å²) in [5.74, 6) is 0.123. The third-order valence-corrected chi connectivity index (χ3v) is 8.29. The summed E-state index contributed by atoms with van der Waals surface area (Å²) in [6.07, 6.45) is 10.2. The second kappa shape index (κ2) is 10.4. The number of aliphatic carboxylic acids is 1. The summed E-state index contributed by atoms with van der Waals surface area (Å²) in [6, 6.07) is 0. The minimum absolute atomic E-state index is 0. The third kappa shape index (κ3) is 5.22. The minimum atomic E-state index is -1.08. The number of carbonyl (C=O) groups excluding carboxylic acids is 1. The molecular formula is C23H44N2O4. The Bertz CT molecular complexity index is 577. The maximum atomic E-state index is 11.4. The van der Waals surface area contributed by atoms with Crippen molar-refractivity contribution >= 4 is 5.97 Å². The van der Waals surface area contributed by atoms with Gasteiger partial charge in [0.2, 0.25) is 0 Å². The molecule has 170 valence electrons. The van der Waals surface area contributed by atoms with Crippen LogP contribution in [0.3, 0.4) is 0 Å². The Hall–Kier alpha value is -0.950. The second-order valence-electron chi connectivity index (χ2n) is 9.71. The molecule has 3 saturated carbocycles. The van der Waals surface area contributed by atoms with E-state index in [4.69, 9.17) is 15.6 Å². The maximum Gasteiger partial charge on any atom is 0.0610 e. The van der Waals surface area contributed by atoms with Gasteiger partial charge in [-0.05, 0) is 100 Å². The topological polar surface area (TPSA) is 143 Å². The molecule has 7 atom stereocenters. The van der Waals surface area contributed by atoms with Gasteiger partial charge in [0.1, 0.15) is 0 Å². The Kier molecular flexibility index (Phi) is 9.34. The Balaban J connectivity index is 0.000000771. The van der Waals surface area contributed by atoms with Crippen molar-refractivity contribution < 1.29 is 20.1 Å². The van der Waals surface area contributed by atoms with Crippen molar-refractivity contribution in [2.24, 2.45) is 34.3 Å². The first-order chi connectivity index (χ1) is 13.1. The van der Waals surface area contributed by atoms with Gasteiger partial charge in [-0.1, -0.05) is 25.5 Å². The van der Waals surface area contributed by atoms with Gasteiger partial charge in [0, 0.05) is 5.97 Å². The average molecular weight is 413 g/mol. The molecule has 6 nitrogen and oxygen atoms in total. The minimum Gasteiger partial charge on any atom is -0.550 e. The van der Waals surface area contributed by atoms with Gasteiger partial charge in [0.15, 0.2) is 0 Å². The molecule has 0 bridgehead atoms. The standard InChI is InChI=1S/C21H37NO2.C2H4O2.H3N/c1-4-14-5-6-17-19(24)18(8-11-20(14,17)2)21(3)10-7-16(23)13-15(21)9-12-22;1-2(3)4;/h4,15-19,23-24H,5-13,22H2,1-3H3;1H3,(H,3,4);1H3/b14-4-;;/t15-,16-,17?,18?,19+,20-,21-;;/m0../s1. The van der Waals surface area contributed by atoms with Crippen LogP contribution in [0.25, 0.3) is 0 Å². The molecule has 3 rings (SSSR count). The number of aliphatic hydroxyl groups excluding tert-OH is 2. The normalized spacial score (nSPS) is 43.0. The number of nitrogens with two attached hydrogens (primary N) is 1. The van der Waals surface area contributed by atoms with Gasteiger partial charge in [-0.25, -0.2) is 0 Å². The van der Waals surface area contributed by atoms with E-state index in [-0.39, 0.29) is 29.2 Å². The maximum absolute atomic E-state index is 11.4. The number of hydrogen-bond acceptors (Lipinski definition) is 5. The molecule has 2 unspecified atom stereocenters. The first kappa shape index (κ1) is 26.1. The quantitative estimate of drug-likeness (QED) is 0.527. The van der Waals surface area contributed by atoms with Crippen LogP contribution < -0.4 is 17.0 Å². The highest BCUT2D eigenvalue weighted by Crippen LogP contribution is 2.61. The van der Waals surface area contributed by atoms with E-state index in [9.17, 15) is 10.2 Å². The molecule has 0 saturated heterocycles. The lowest BCUT2D eigenvalue weighted by atomic mass is 9.51. The summed E-state index contributed by atoms with van der Waals surface area (Å²) in [4.78, 5) is 8.89. The van der Waals surface area contributed by atoms with Crippen LogP contribution in [0.15, 0.2) is 11.6 Å². The fourth-order valence-corrected chi connectivity index (χ4v) is 6.68. The van der Waals surface area contributed by atoms with Crippen LogP contribution in [0.5, 0.6) is 0 Å². The van der Waals surface area contributed by atoms with E-state index in [0.717, 1.165) is 51.9 Å². The van der Waals surface area contributed by atoms with Crippen LogP contribution >= 0.6 is 0 Å². The summed E-state index contributed by atoms with van der Waals surface area (Å²) < 4.78 is 0. The zero-order chi connectivity index (χ0) is 21.1. The van der Waals surface area contributed by atoms with Crippen LogP contribution in [0.4, 0.5) is 0 Å². The lowest BCUT2D eigenvalue weighted by molar-refractivity contribution is -0.302. The average Bonchev–Trinajstić information content (AvgIpc) is 2.95. The molecule has 0 aliphatic heterocycles. The number of fused-ring (bicyclic) bond motifs is 1. The molecule has 0 aromatic carbocycles. The van der Waals surface area contributed by atoms with E-state index in [1.165, 1.54) is 6.42 Å². The second-order valence-corrected chi connectivity index (χ2v) is 9.71. The molecule has 3 aliphatic carbocycles. The molecule has 0 amide bonds. The molecule has 0 spiro atoms. The van der Waals surface area contributed by atoms with Crippen molar-refractivity contribution in [2.75, 3.05) is 6.54 Å². The molecule has 3 fully saturated rings. The summed E-state index contributed by atoms with van der Waals surface area (Å²) in [5.41, 5.74) is 7.77. The largest absolute Gasteiger partial charge is 0.550 e. The summed E-state index contributed by atoms with van der Waals surface area (Å²) in [6.45, 7) is 8.56. The lowest BCUT2D eigenvalue weighted by Gasteiger charge is -2.55. The molecule has 0 aromatic rings. The van der Waals surface area contributed by atoms with E-state index in [2.05, 4.69) is 26.8 Å². The molecule has 6 heteroatoms. The molecule has 0 aromatic heterocycles. The van der Waals surface area contributed by atoms with Gasteiger partial charge < -0.3 is 32.0 Å². The predicted molar refractivity (Wildman–Crippen MR) is 115 cm³/mol. The SMILES string of the molecule is C/C=C1/CCC2[C@@H](O)C([C@@]3(C)CC[C@H](O)C[C@@H]3CCN)CC[C@@]12C.CC(=O)[O-].[NH4+]. The first-order valence-electron chi connectivity index (χ1n) is 11.0. The van der Waals surface area contributed by atoms with Crippen molar-refractivity contribution in [3.8, 4) is 0 Å². The number of carboxylic acids is 1. The molecular weight excluding hydrogens is 368 g/mol. The lowest BCUT2D eigenvalue weighted by Crippen LogP contribution is -2.53. The number of carbonyl (C=O) groups is 1. The van der Waals surface area contributed by atoms with Crippen LogP contribution in [0.1, 0.15) is 79.1 Å². The van der Waals surface area contributed by atoms with E-state index in [0.29, 0.717) is 24.3 Å². The fraction of sp³-hybridized carbons (Fsp3) is 0.870. The number of rotatable bonds is 3. The number of quaternary nitrogens is 1. The summed E-state index contributed by atoms with van der Waals surface area (Å²) in [5, 5.41) is 30.4. The fourth-order valence-electron chi connectivity index (χ4n) is 6.68. The highest BCUT2D eigenvalue weighted by Gasteiger charge is 2.56. The van der Waals surface area contributed by atoms with E-state index in [1.807, 2.05) is 0 Å². The molecule has 0 radical (unpaired) electrons. The van der Waals surface area contributed by atoms with Gasteiger partial charge in [-0.3, -0.25) is 0 Å². The Morgan fingerprint density at radius 2 is 1.83 bits per heavy atom. The van der Waals surface area contributed by atoms with E-state index in [1.54, 1.807) is 5.57 Å². The van der Waals surface area contributed by atoms with Gasteiger partial charge in [0.25, 0.3) is 0 Å². The van der Waals surface area contributed by atoms with Crippen LogP contribution in [0, 0.1) is 28.6 Å². The Morgan fingerprint density at radius 3 is 2.38 bits per heavy atom. The van der Waals surface area contributed by atoms with Crippen molar-refractivity contribution in [1.82, 2.24) is 6.15 Å². The van der Waals surface area contributed by atoms with Crippen molar-refractivity contribution in [2.45, 2.75) is 91.3 Å². The zero-order valence-electron chi connectivity index (χ0n) is 19.1. The van der Waals surface area contributed by atoms with E-state index >= 15 is 0 Å². The Labute approximate surface area is 176 Å². The highest BCUT2D eigenvalue weighted by molar-refractivity contribution is 5.60. The number of hydrogen-bond donors (Lipinski definition) is 4. The smallest absolute Gasteiger partial charge is 0.0610 e. The van der Waals surface area contributed by atoms with Crippen LogP contribution in [-0.2, 0) is 4.79 Å². The summed E-state index contributed by atoms with van der Waals surface area (Å²) in [7, 11) is 0. The molecule has 8 N–H and O–H groups in total. The van der Waals surface area contributed by atoms with Gasteiger partial charge in [0.05, 0.1) is 12.2 Å². The molecule has 29 heavy (non-hydrogen) atoms. The van der Waals surface area contributed by atoms with Gasteiger partial charge in [-0.15, -0.1) is 0 Å². The van der Waals surface area contributed by atoms with Crippen molar-refractivity contribution in [1.29, 1.82) is 0 Å². The number of aliphatic hydroxyl groups is 2. The van der Waals surface area contributed by atoms with Crippen molar-refractivity contribution in [3.63, 3.8) is 0 Å². The first-order valence-corrected chi connectivity index (χ1v) is 11.0. The Morgan fingerprint density at radius 1 is 1.21 bits per heavy atom. The summed E-state index contributed by atoms with van der Waals surface area (Å²) >= 11 is 0. The van der Waals surface area contributed by atoms with Gasteiger partial charge in [-0.2, -0.15) is 0 Å². The van der Waals surface area contributed by atoms with E-state index < -0.39 is 5.97 Å².